The Morgan fingerprint density at radius 1 is 0.944 bits per heavy atom. The van der Waals surface area contributed by atoms with Crippen molar-refractivity contribution in [3.63, 3.8) is 0 Å². The second kappa shape index (κ2) is 4.67. The monoisotopic (exact) mass is 236 g/mol. The number of hydrogen-bond acceptors (Lipinski definition) is 1. The van der Waals surface area contributed by atoms with Crippen LogP contribution in [0.3, 0.4) is 0 Å². The van der Waals surface area contributed by atoms with Gasteiger partial charge >= 0.3 is 0 Å². The van der Waals surface area contributed by atoms with Gasteiger partial charge in [0.25, 0.3) is 0 Å². The molecule has 0 aliphatic heterocycles. The van der Waals surface area contributed by atoms with Crippen LogP contribution < -0.4 is 5.32 Å². The minimum Gasteiger partial charge on any atom is -0.361 e. The van der Waals surface area contributed by atoms with Crippen molar-refractivity contribution in [3.05, 3.63) is 71.9 Å². The predicted octanol–water partition coefficient (Wildman–Crippen LogP) is 3.48. The molecule has 0 aliphatic carbocycles. The first kappa shape index (κ1) is 11.1. The summed E-state index contributed by atoms with van der Waals surface area (Å²) in [7, 11) is 2.00. The molecule has 90 valence electrons. The molecule has 3 aromatic rings. The summed E-state index contributed by atoms with van der Waals surface area (Å²) >= 11 is 0. The van der Waals surface area contributed by atoms with Crippen molar-refractivity contribution in [2.24, 2.45) is 0 Å². The van der Waals surface area contributed by atoms with E-state index >= 15 is 0 Å². The molecule has 2 heteroatoms. The number of fused-ring (bicyclic) bond motifs is 1. The minimum absolute atomic E-state index is 0.224. The van der Waals surface area contributed by atoms with Gasteiger partial charge in [-0.2, -0.15) is 0 Å². The zero-order valence-electron chi connectivity index (χ0n) is 10.4. The molecular formula is C16H16N2. The van der Waals surface area contributed by atoms with Gasteiger partial charge in [-0.1, -0.05) is 48.5 Å². The van der Waals surface area contributed by atoms with Crippen molar-refractivity contribution in [1.29, 1.82) is 0 Å². The van der Waals surface area contributed by atoms with Gasteiger partial charge in [0.2, 0.25) is 0 Å². The summed E-state index contributed by atoms with van der Waals surface area (Å²) in [4.78, 5) is 3.33. The third kappa shape index (κ3) is 1.81. The lowest BCUT2D eigenvalue weighted by Crippen LogP contribution is -2.17. The van der Waals surface area contributed by atoms with Gasteiger partial charge in [0.15, 0.2) is 0 Å². The van der Waals surface area contributed by atoms with E-state index in [1.165, 1.54) is 22.0 Å². The van der Waals surface area contributed by atoms with Crippen LogP contribution in [0.1, 0.15) is 17.2 Å². The summed E-state index contributed by atoms with van der Waals surface area (Å²) in [6.45, 7) is 0. The summed E-state index contributed by atoms with van der Waals surface area (Å²) in [5.74, 6) is 0. The van der Waals surface area contributed by atoms with E-state index in [2.05, 4.69) is 65.0 Å². The van der Waals surface area contributed by atoms with Gasteiger partial charge < -0.3 is 10.3 Å². The summed E-state index contributed by atoms with van der Waals surface area (Å²) in [6.07, 6.45) is 2.10. The average molecular weight is 236 g/mol. The molecule has 0 bridgehead atoms. The zero-order valence-corrected chi connectivity index (χ0v) is 10.4. The Labute approximate surface area is 107 Å². The topological polar surface area (TPSA) is 27.8 Å². The maximum Gasteiger partial charge on any atom is 0.0595 e. The van der Waals surface area contributed by atoms with E-state index in [4.69, 9.17) is 0 Å². The van der Waals surface area contributed by atoms with Crippen LogP contribution in [0.25, 0.3) is 10.9 Å². The molecule has 1 unspecified atom stereocenters. The lowest BCUT2D eigenvalue weighted by Gasteiger charge is -2.16. The number of aromatic amines is 1. The molecule has 0 amide bonds. The molecule has 0 radical (unpaired) electrons. The smallest absolute Gasteiger partial charge is 0.0595 e. The predicted molar refractivity (Wildman–Crippen MR) is 75.6 cm³/mol. The van der Waals surface area contributed by atoms with Crippen molar-refractivity contribution in [1.82, 2.24) is 10.3 Å². The molecule has 18 heavy (non-hydrogen) atoms. The molecule has 1 aromatic heterocycles. The number of aromatic nitrogens is 1. The van der Waals surface area contributed by atoms with Crippen LogP contribution in [0.5, 0.6) is 0 Å². The fourth-order valence-corrected chi connectivity index (χ4v) is 2.48. The van der Waals surface area contributed by atoms with E-state index in [0.29, 0.717) is 0 Å². The number of benzene rings is 2. The van der Waals surface area contributed by atoms with Crippen LogP contribution >= 0.6 is 0 Å². The quantitative estimate of drug-likeness (QED) is 0.716. The van der Waals surface area contributed by atoms with E-state index in [1.807, 2.05) is 13.1 Å². The minimum atomic E-state index is 0.224. The highest BCUT2D eigenvalue weighted by molar-refractivity contribution is 5.84. The number of nitrogens with one attached hydrogen (secondary N) is 2. The molecule has 0 saturated carbocycles. The molecule has 3 rings (SSSR count). The SMILES string of the molecule is CNC(c1ccccc1)c1c[nH]c2ccccc12. The Morgan fingerprint density at radius 2 is 1.67 bits per heavy atom. The van der Waals surface area contributed by atoms with Gasteiger partial charge in [-0.15, -0.1) is 0 Å². The maximum absolute atomic E-state index is 3.39. The van der Waals surface area contributed by atoms with E-state index in [9.17, 15) is 0 Å². The molecule has 0 spiro atoms. The number of hydrogen-bond donors (Lipinski definition) is 2. The first-order valence-corrected chi connectivity index (χ1v) is 6.18. The third-order valence-electron chi connectivity index (χ3n) is 3.35. The number of para-hydroxylation sites is 1. The van der Waals surface area contributed by atoms with Crippen molar-refractivity contribution in [2.75, 3.05) is 7.05 Å². The molecular weight excluding hydrogens is 220 g/mol. The molecule has 1 heterocycles. The highest BCUT2D eigenvalue weighted by Gasteiger charge is 2.15. The third-order valence-corrected chi connectivity index (χ3v) is 3.35. The van der Waals surface area contributed by atoms with Crippen molar-refractivity contribution >= 4 is 10.9 Å². The number of rotatable bonds is 3. The lowest BCUT2D eigenvalue weighted by atomic mass is 9.98. The maximum atomic E-state index is 3.39. The van der Waals surface area contributed by atoms with E-state index < -0.39 is 0 Å². The van der Waals surface area contributed by atoms with Crippen LogP contribution in [0, 0.1) is 0 Å². The Morgan fingerprint density at radius 3 is 2.44 bits per heavy atom. The molecule has 0 aliphatic rings. The fourth-order valence-electron chi connectivity index (χ4n) is 2.48. The molecule has 0 fully saturated rings. The van der Waals surface area contributed by atoms with Gasteiger partial charge in [0.1, 0.15) is 0 Å². The highest BCUT2D eigenvalue weighted by Crippen LogP contribution is 2.28. The van der Waals surface area contributed by atoms with Crippen molar-refractivity contribution in [3.8, 4) is 0 Å². The molecule has 0 saturated heterocycles. The van der Waals surface area contributed by atoms with Crippen LogP contribution in [-0.2, 0) is 0 Å². The lowest BCUT2D eigenvalue weighted by molar-refractivity contribution is 0.697. The summed E-state index contributed by atoms with van der Waals surface area (Å²) in [5, 5.41) is 4.67. The summed E-state index contributed by atoms with van der Waals surface area (Å²) < 4.78 is 0. The van der Waals surface area contributed by atoms with Gasteiger partial charge in [0, 0.05) is 17.1 Å². The van der Waals surface area contributed by atoms with Gasteiger partial charge in [-0.05, 0) is 24.2 Å². The number of H-pyrrole nitrogens is 1. The zero-order chi connectivity index (χ0) is 12.4. The highest BCUT2D eigenvalue weighted by atomic mass is 14.9. The van der Waals surface area contributed by atoms with Gasteiger partial charge in [0.05, 0.1) is 6.04 Å². The van der Waals surface area contributed by atoms with Crippen molar-refractivity contribution < 1.29 is 0 Å². The second-order valence-electron chi connectivity index (χ2n) is 4.42. The molecule has 2 N–H and O–H groups in total. The van der Waals surface area contributed by atoms with E-state index in [1.54, 1.807) is 0 Å². The van der Waals surface area contributed by atoms with Crippen molar-refractivity contribution in [2.45, 2.75) is 6.04 Å². The molecule has 2 aromatic carbocycles. The van der Waals surface area contributed by atoms with Gasteiger partial charge in [-0.3, -0.25) is 0 Å². The average Bonchev–Trinajstić information content (AvgIpc) is 2.85. The fraction of sp³-hybridized carbons (Fsp3) is 0.125. The second-order valence-corrected chi connectivity index (χ2v) is 4.42. The Kier molecular flexibility index (Phi) is 2.87. The van der Waals surface area contributed by atoms with Crippen LogP contribution in [0.15, 0.2) is 60.8 Å². The first-order chi connectivity index (χ1) is 8.90. The largest absolute Gasteiger partial charge is 0.361 e. The van der Waals surface area contributed by atoms with Gasteiger partial charge in [-0.25, -0.2) is 0 Å². The van der Waals surface area contributed by atoms with E-state index in [0.717, 1.165) is 0 Å². The van der Waals surface area contributed by atoms with E-state index in [-0.39, 0.29) is 6.04 Å². The Hall–Kier alpha value is -2.06. The Bertz CT molecular complexity index is 640. The Balaban J connectivity index is 2.12. The molecule has 2 nitrogen and oxygen atoms in total. The standard InChI is InChI=1S/C16H16N2/c1-17-16(12-7-3-2-4-8-12)14-11-18-15-10-6-5-9-13(14)15/h2-11,16-18H,1H3. The molecule has 1 atom stereocenters. The first-order valence-electron chi connectivity index (χ1n) is 6.18. The van der Waals surface area contributed by atoms with Crippen LogP contribution in [0.4, 0.5) is 0 Å². The summed E-state index contributed by atoms with van der Waals surface area (Å²) in [6, 6.07) is 19.1. The van der Waals surface area contributed by atoms with Crippen LogP contribution in [0.2, 0.25) is 0 Å². The van der Waals surface area contributed by atoms with Crippen LogP contribution in [-0.4, -0.2) is 12.0 Å². The normalized spacial score (nSPS) is 12.7. The summed E-state index contributed by atoms with van der Waals surface area (Å²) in [5.41, 5.74) is 3.76.